The van der Waals surface area contributed by atoms with Gasteiger partial charge in [-0.1, -0.05) is 19.1 Å². The molecular weight excluding hydrogens is 268 g/mol. The van der Waals surface area contributed by atoms with Gasteiger partial charge in [0, 0.05) is 19.0 Å². The van der Waals surface area contributed by atoms with Gasteiger partial charge < -0.3 is 11.1 Å². The lowest BCUT2D eigenvalue weighted by Crippen LogP contribution is -2.38. The number of rotatable bonds is 6. The zero-order valence-electron chi connectivity index (χ0n) is 12.1. The fraction of sp³-hybridized carbons (Fsp3) is 0.467. The third-order valence-electron chi connectivity index (χ3n) is 3.18. The summed E-state index contributed by atoms with van der Waals surface area (Å²) in [5.74, 6) is 0.545. The fourth-order valence-electron chi connectivity index (χ4n) is 1.86. The summed E-state index contributed by atoms with van der Waals surface area (Å²) >= 11 is 1.76. The van der Waals surface area contributed by atoms with Gasteiger partial charge in [0.2, 0.25) is 0 Å². The Labute approximate surface area is 124 Å². The van der Waals surface area contributed by atoms with Crippen LogP contribution in [0.1, 0.15) is 31.7 Å². The van der Waals surface area contributed by atoms with Crippen LogP contribution in [0.15, 0.2) is 29.3 Å². The maximum absolute atomic E-state index is 5.82. The minimum atomic E-state index is 0.378. The first kappa shape index (κ1) is 14.8. The second kappa shape index (κ2) is 7.24. The Morgan fingerprint density at radius 3 is 3.00 bits per heavy atom. The molecule has 2 rings (SSSR count). The van der Waals surface area contributed by atoms with E-state index in [0.717, 1.165) is 31.3 Å². The Bertz CT molecular complexity index is 543. The Morgan fingerprint density at radius 1 is 1.45 bits per heavy atom. The quantitative estimate of drug-likeness (QED) is 0.488. The van der Waals surface area contributed by atoms with Crippen molar-refractivity contribution in [1.82, 2.24) is 10.3 Å². The highest BCUT2D eigenvalue weighted by atomic mass is 32.1. The average Bonchev–Trinajstić information content (AvgIpc) is 2.86. The van der Waals surface area contributed by atoms with Crippen molar-refractivity contribution in [2.45, 2.75) is 39.2 Å². The van der Waals surface area contributed by atoms with Crippen molar-refractivity contribution in [3.63, 3.8) is 0 Å². The van der Waals surface area contributed by atoms with Crippen LogP contribution in [0.5, 0.6) is 0 Å². The summed E-state index contributed by atoms with van der Waals surface area (Å²) in [5, 5.41) is 4.34. The van der Waals surface area contributed by atoms with Gasteiger partial charge in [-0.25, -0.2) is 4.98 Å². The Balaban J connectivity index is 1.79. The summed E-state index contributed by atoms with van der Waals surface area (Å²) < 4.78 is 1.25. The SMILES string of the molecule is CCC(C)NC(N)=NCCCc1nc2ccccc2s1. The number of nitrogens with zero attached hydrogens (tertiary/aromatic N) is 2. The molecule has 0 fully saturated rings. The van der Waals surface area contributed by atoms with Crippen LogP contribution < -0.4 is 11.1 Å². The molecule has 1 aromatic heterocycles. The Kier molecular flexibility index (Phi) is 5.35. The molecule has 1 atom stereocenters. The summed E-state index contributed by atoms with van der Waals surface area (Å²) in [5.41, 5.74) is 6.91. The third kappa shape index (κ3) is 4.20. The molecule has 20 heavy (non-hydrogen) atoms. The molecule has 1 heterocycles. The van der Waals surface area contributed by atoms with Crippen LogP contribution in [-0.2, 0) is 6.42 Å². The number of thiazole rings is 1. The summed E-state index contributed by atoms with van der Waals surface area (Å²) in [6, 6.07) is 8.63. The highest BCUT2D eigenvalue weighted by Gasteiger charge is 2.03. The van der Waals surface area contributed by atoms with Crippen molar-refractivity contribution in [3.8, 4) is 0 Å². The molecule has 0 aliphatic rings. The number of nitrogens with one attached hydrogen (secondary N) is 1. The van der Waals surface area contributed by atoms with Gasteiger partial charge in [0.1, 0.15) is 0 Å². The number of aromatic nitrogens is 1. The predicted molar refractivity (Wildman–Crippen MR) is 87.3 cm³/mol. The molecule has 0 bridgehead atoms. The van der Waals surface area contributed by atoms with Gasteiger partial charge >= 0.3 is 0 Å². The average molecular weight is 290 g/mol. The normalized spacial score (nSPS) is 13.6. The highest BCUT2D eigenvalue weighted by molar-refractivity contribution is 7.18. The number of benzene rings is 1. The first-order valence-electron chi connectivity index (χ1n) is 7.10. The molecule has 0 radical (unpaired) electrons. The maximum Gasteiger partial charge on any atom is 0.188 e. The number of fused-ring (bicyclic) bond motifs is 1. The summed E-state index contributed by atoms with van der Waals surface area (Å²) in [6.07, 6.45) is 2.98. The standard InChI is InChI=1S/C15H22N4S/c1-3-11(2)18-15(16)17-10-6-9-14-19-12-7-4-5-8-13(12)20-14/h4-5,7-8,11H,3,6,9-10H2,1-2H3,(H3,16,17,18). The second-order valence-electron chi connectivity index (χ2n) is 4.90. The summed E-state index contributed by atoms with van der Waals surface area (Å²) in [4.78, 5) is 8.96. The van der Waals surface area contributed by atoms with E-state index in [0.29, 0.717) is 12.0 Å². The van der Waals surface area contributed by atoms with Crippen molar-refractivity contribution in [1.29, 1.82) is 0 Å². The molecule has 4 nitrogen and oxygen atoms in total. The number of hydrogen-bond donors (Lipinski definition) is 2. The lowest BCUT2D eigenvalue weighted by atomic mass is 10.3. The van der Waals surface area contributed by atoms with E-state index in [4.69, 9.17) is 5.73 Å². The number of nitrogens with two attached hydrogens (primary N) is 1. The van der Waals surface area contributed by atoms with E-state index in [9.17, 15) is 0 Å². The van der Waals surface area contributed by atoms with E-state index in [2.05, 4.69) is 47.3 Å². The molecule has 5 heteroatoms. The molecule has 1 aromatic carbocycles. The van der Waals surface area contributed by atoms with Crippen molar-refractivity contribution < 1.29 is 0 Å². The highest BCUT2D eigenvalue weighted by Crippen LogP contribution is 2.22. The molecule has 2 aromatic rings. The molecule has 0 saturated carbocycles. The zero-order chi connectivity index (χ0) is 14.4. The van der Waals surface area contributed by atoms with Crippen LogP contribution in [-0.4, -0.2) is 23.5 Å². The largest absolute Gasteiger partial charge is 0.370 e. The third-order valence-corrected chi connectivity index (χ3v) is 4.27. The fourth-order valence-corrected chi connectivity index (χ4v) is 2.87. The van der Waals surface area contributed by atoms with Crippen molar-refractivity contribution in [3.05, 3.63) is 29.3 Å². The van der Waals surface area contributed by atoms with Gasteiger partial charge in [-0.2, -0.15) is 0 Å². The van der Waals surface area contributed by atoms with E-state index in [1.807, 2.05) is 6.07 Å². The van der Waals surface area contributed by atoms with E-state index in [1.54, 1.807) is 11.3 Å². The van der Waals surface area contributed by atoms with Crippen LogP contribution in [0.4, 0.5) is 0 Å². The first-order chi connectivity index (χ1) is 9.69. The van der Waals surface area contributed by atoms with Gasteiger partial charge in [-0.15, -0.1) is 11.3 Å². The molecule has 1 unspecified atom stereocenters. The first-order valence-corrected chi connectivity index (χ1v) is 7.91. The van der Waals surface area contributed by atoms with Crippen molar-refractivity contribution in [2.75, 3.05) is 6.54 Å². The van der Waals surface area contributed by atoms with Gasteiger partial charge in [0.05, 0.1) is 15.2 Å². The maximum atomic E-state index is 5.82. The van der Waals surface area contributed by atoms with Crippen LogP contribution in [0.2, 0.25) is 0 Å². The van der Waals surface area contributed by atoms with Gasteiger partial charge in [-0.3, -0.25) is 4.99 Å². The zero-order valence-corrected chi connectivity index (χ0v) is 12.9. The molecule has 0 aliphatic carbocycles. The monoisotopic (exact) mass is 290 g/mol. The number of para-hydroxylation sites is 1. The Morgan fingerprint density at radius 2 is 2.25 bits per heavy atom. The molecule has 0 amide bonds. The summed E-state index contributed by atoms with van der Waals surface area (Å²) in [6.45, 7) is 4.97. The van der Waals surface area contributed by atoms with Gasteiger partial charge in [0.25, 0.3) is 0 Å². The minimum absolute atomic E-state index is 0.378. The van der Waals surface area contributed by atoms with Crippen LogP contribution >= 0.6 is 11.3 Å². The molecule has 3 N–H and O–H groups in total. The smallest absolute Gasteiger partial charge is 0.188 e. The van der Waals surface area contributed by atoms with E-state index in [-0.39, 0.29) is 0 Å². The number of guanidine groups is 1. The van der Waals surface area contributed by atoms with Crippen LogP contribution in [0.25, 0.3) is 10.2 Å². The van der Waals surface area contributed by atoms with Crippen LogP contribution in [0.3, 0.4) is 0 Å². The van der Waals surface area contributed by atoms with E-state index < -0.39 is 0 Å². The topological polar surface area (TPSA) is 63.3 Å². The van der Waals surface area contributed by atoms with Crippen molar-refractivity contribution in [2.24, 2.45) is 10.7 Å². The van der Waals surface area contributed by atoms with Crippen molar-refractivity contribution >= 4 is 27.5 Å². The molecule has 0 saturated heterocycles. The molecule has 0 aliphatic heterocycles. The Hall–Kier alpha value is -1.62. The number of hydrogen-bond acceptors (Lipinski definition) is 3. The van der Waals surface area contributed by atoms with Gasteiger partial charge in [-0.05, 0) is 31.9 Å². The van der Waals surface area contributed by atoms with Crippen LogP contribution in [0, 0.1) is 0 Å². The summed E-state index contributed by atoms with van der Waals surface area (Å²) in [7, 11) is 0. The molecule has 0 spiro atoms. The number of aryl methyl sites for hydroxylation is 1. The predicted octanol–water partition coefficient (Wildman–Crippen LogP) is 2.93. The van der Waals surface area contributed by atoms with Gasteiger partial charge in [0.15, 0.2) is 5.96 Å². The lowest BCUT2D eigenvalue weighted by molar-refractivity contribution is 0.635. The second-order valence-corrected chi connectivity index (χ2v) is 6.01. The minimum Gasteiger partial charge on any atom is -0.370 e. The lowest BCUT2D eigenvalue weighted by Gasteiger charge is -2.11. The molecule has 108 valence electrons. The van der Waals surface area contributed by atoms with E-state index in [1.165, 1.54) is 9.71 Å². The number of aliphatic imine (C=N–C) groups is 1. The van der Waals surface area contributed by atoms with E-state index >= 15 is 0 Å². The molecular formula is C15H22N4S.